The third-order valence-electron chi connectivity index (χ3n) is 2.25. The topological polar surface area (TPSA) is 140 Å². The molecule has 0 bridgehead atoms. The summed E-state index contributed by atoms with van der Waals surface area (Å²) in [6.07, 6.45) is 0.852. The predicted octanol–water partition coefficient (Wildman–Crippen LogP) is -0.741. The minimum absolute atomic E-state index is 0.482. The van der Waals surface area contributed by atoms with Crippen molar-refractivity contribution >= 4 is 35.6 Å². The van der Waals surface area contributed by atoms with Crippen LogP contribution in [0.25, 0.3) is 0 Å². The third-order valence-corrected chi connectivity index (χ3v) is 5.64. The van der Waals surface area contributed by atoms with Crippen LogP contribution in [-0.4, -0.2) is 43.0 Å². The fourth-order valence-corrected chi connectivity index (χ4v) is 4.46. The lowest BCUT2D eigenvalue weighted by atomic mass is 10.3. The van der Waals surface area contributed by atoms with Crippen LogP contribution in [0.2, 0.25) is 0 Å². The number of sulfonamides is 2. The fourth-order valence-electron chi connectivity index (χ4n) is 1.24. The van der Waals surface area contributed by atoms with E-state index in [4.69, 9.17) is 5.14 Å². The van der Waals surface area contributed by atoms with Crippen LogP contribution in [-0.2, 0) is 29.9 Å². The molecule has 21 heavy (non-hydrogen) atoms. The molecule has 0 aliphatic heterocycles. The molecule has 12 heteroatoms. The van der Waals surface area contributed by atoms with Gasteiger partial charge >= 0.3 is 0 Å². The molecule has 3 N–H and O–H groups in total. The second-order valence-electron chi connectivity index (χ2n) is 4.24. The number of benzene rings is 1. The Balaban J connectivity index is 3.07. The van der Waals surface area contributed by atoms with Gasteiger partial charge in [-0.3, -0.25) is 4.72 Å². The van der Waals surface area contributed by atoms with E-state index in [-0.39, 0.29) is 0 Å². The molecular weight excluding hydrogens is 347 g/mol. The molecule has 1 aromatic rings. The minimum atomic E-state index is -4.16. The van der Waals surface area contributed by atoms with Crippen molar-refractivity contribution in [3.05, 3.63) is 24.0 Å². The van der Waals surface area contributed by atoms with Gasteiger partial charge in [-0.2, -0.15) is 0 Å². The summed E-state index contributed by atoms with van der Waals surface area (Å²) in [5.41, 5.74) is -0.630. The summed E-state index contributed by atoms with van der Waals surface area (Å²) >= 11 is 0. The average Bonchev–Trinajstić information content (AvgIpc) is 2.27. The zero-order valence-electron chi connectivity index (χ0n) is 10.8. The molecule has 0 unspecified atom stereocenters. The predicted molar refractivity (Wildman–Crippen MR) is 74.9 cm³/mol. The first kappa shape index (κ1) is 17.8. The third kappa shape index (κ3) is 5.95. The van der Waals surface area contributed by atoms with Gasteiger partial charge in [-0.25, -0.2) is 34.8 Å². The molecule has 0 radical (unpaired) electrons. The van der Waals surface area contributed by atoms with Gasteiger partial charge in [0.1, 0.15) is 15.7 Å². The van der Waals surface area contributed by atoms with Crippen molar-refractivity contribution in [3.63, 3.8) is 0 Å². The molecule has 8 nitrogen and oxygen atoms in total. The van der Waals surface area contributed by atoms with Gasteiger partial charge in [-0.1, -0.05) is 0 Å². The van der Waals surface area contributed by atoms with E-state index in [1.807, 2.05) is 0 Å². The summed E-state index contributed by atoms with van der Waals surface area (Å²) in [6.45, 7) is 0. The van der Waals surface area contributed by atoms with Gasteiger partial charge in [0.25, 0.3) is 0 Å². The molecule has 0 spiro atoms. The summed E-state index contributed by atoms with van der Waals surface area (Å²) in [5.74, 6) is -2.46. The second kappa shape index (κ2) is 5.87. The molecule has 0 amide bonds. The Labute approximate surface area is 122 Å². The smallest absolute Gasteiger partial charge is 0.238 e. The quantitative estimate of drug-likeness (QED) is 0.684. The lowest BCUT2D eigenvalue weighted by molar-refractivity contribution is 0.591. The van der Waals surface area contributed by atoms with Gasteiger partial charge < -0.3 is 0 Å². The van der Waals surface area contributed by atoms with Crippen molar-refractivity contribution in [2.45, 2.75) is 4.90 Å². The van der Waals surface area contributed by atoms with Crippen LogP contribution in [0.15, 0.2) is 23.1 Å². The van der Waals surface area contributed by atoms with Crippen molar-refractivity contribution in [2.75, 3.05) is 22.5 Å². The number of halogens is 1. The number of nitrogens with two attached hydrogens (primary N) is 1. The van der Waals surface area contributed by atoms with Gasteiger partial charge in [0, 0.05) is 6.26 Å². The van der Waals surface area contributed by atoms with E-state index in [0.29, 0.717) is 6.07 Å². The highest BCUT2D eigenvalue weighted by Crippen LogP contribution is 2.20. The van der Waals surface area contributed by atoms with Crippen LogP contribution in [0.4, 0.5) is 10.1 Å². The lowest BCUT2D eigenvalue weighted by Crippen LogP contribution is -2.23. The number of sulfone groups is 1. The first-order chi connectivity index (χ1) is 9.30. The summed E-state index contributed by atoms with van der Waals surface area (Å²) in [4.78, 5) is -0.482. The molecule has 0 heterocycles. The standard InChI is InChI=1S/C9H13FN2O6S3/c1-19(13,14)4-5-20(15,16)12-9-6-7(21(11,17)18)2-3-8(9)10/h2-3,6,12H,4-5H2,1H3,(H2,11,17,18). The molecule has 0 aromatic heterocycles. The van der Waals surface area contributed by atoms with E-state index in [2.05, 4.69) is 0 Å². The monoisotopic (exact) mass is 360 g/mol. The number of anilines is 1. The first-order valence-corrected chi connectivity index (χ1v) is 10.6. The van der Waals surface area contributed by atoms with E-state index in [9.17, 15) is 29.6 Å². The van der Waals surface area contributed by atoms with Crippen molar-refractivity contribution in [1.82, 2.24) is 0 Å². The largest absolute Gasteiger partial charge is 0.281 e. The van der Waals surface area contributed by atoms with Gasteiger partial charge in [-0.05, 0) is 18.2 Å². The summed E-state index contributed by atoms with van der Waals surface area (Å²) in [7, 11) is -11.8. The maximum atomic E-state index is 13.5. The molecular formula is C9H13FN2O6S3. The molecule has 0 saturated heterocycles. The zero-order chi connectivity index (χ0) is 16.5. The van der Waals surface area contributed by atoms with Crippen molar-refractivity contribution in [1.29, 1.82) is 0 Å². The molecule has 0 aliphatic rings. The van der Waals surface area contributed by atoms with Crippen LogP contribution < -0.4 is 9.86 Å². The Morgan fingerprint density at radius 2 is 1.67 bits per heavy atom. The molecule has 120 valence electrons. The Hall–Kier alpha value is -1.24. The number of rotatable bonds is 6. The van der Waals surface area contributed by atoms with Crippen LogP contribution in [0, 0.1) is 5.82 Å². The van der Waals surface area contributed by atoms with E-state index in [0.717, 1.165) is 18.4 Å². The van der Waals surface area contributed by atoms with E-state index < -0.39 is 57.8 Å². The SMILES string of the molecule is CS(=O)(=O)CCS(=O)(=O)Nc1cc(S(N)(=O)=O)ccc1F. The van der Waals surface area contributed by atoms with E-state index in [1.165, 1.54) is 0 Å². The number of hydrogen-bond acceptors (Lipinski definition) is 6. The second-order valence-corrected chi connectivity index (χ2v) is 9.90. The summed E-state index contributed by atoms with van der Waals surface area (Å²) in [6, 6.07) is 2.32. The van der Waals surface area contributed by atoms with Gasteiger partial charge in [-0.15, -0.1) is 0 Å². The molecule has 0 saturated carbocycles. The lowest BCUT2D eigenvalue weighted by Gasteiger charge is -2.09. The highest BCUT2D eigenvalue weighted by atomic mass is 32.2. The van der Waals surface area contributed by atoms with Crippen LogP contribution in [0.1, 0.15) is 0 Å². The Kier molecular flexibility index (Phi) is 4.98. The van der Waals surface area contributed by atoms with Crippen LogP contribution >= 0.6 is 0 Å². The number of nitrogens with one attached hydrogen (secondary N) is 1. The van der Waals surface area contributed by atoms with Gasteiger partial charge in [0.05, 0.1) is 22.1 Å². The van der Waals surface area contributed by atoms with Crippen molar-refractivity contribution in [2.24, 2.45) is 5.14 Å². The molecule has 0 fully saturated rings. The van der Waals surface area contributed by atoms with Crippen LogP contribution in [0.3, 0.4) is 0 Å². The Morgan fingerprint density at radius 3 is 2.14 bits per heavy atom. The molecule has 0 aliphatic carbocycles. The number of hydrogen-bond donors (Lipinski definition) is 2. The summed E-state index contributed by atoms with van der Waals surface area (Å²) in [5, 5.41) is 4.85. The molecule has 1 aromatic carbocycles. The zero-order valence-corrected chi connectivity index (χ0v) is 13.2. The Morgan fingerprint density at radius 1 is 1.10 bits per heavy atom. The fraction of sp³-hybridized carbons (Fsp3) is 0.333. The minimum Gasteiger partial charge on any atom is -0.281 e. The maximum absolute atomic E-state index is 13.5. The highest BCUT2D eigenvalue weighted by molar-refractivity contribution is 7.95. The van der Waals surface area contributed by atoms with Crippen molar-refractivity contribution in [3.8, 4) is 0 Å². The highest BCUT2D eigenvalue weighted by Gasteiger charge is 2.18. The average molecular weight is 360 g/mol. The van der Waals surface area contributed by atoms with Gasteiger partial charge in [0.2, 0.25) is 20.0 Å². The van der Waals surface area contributed by atoms with E-state index in [1.54, 1.807) is 4.72 Å². The van der Waals surface area contributed by atoms with Crippen LogP contribution in [0.5, 0.6) is 0 Å². The van der Waals surface area contributed by atoms with Gasteiger partial charge in [0.15, 0.2) is 0 Å². The molecule has 0 atom stereocenters. The van der Waals surface area contributed by atoms with E-state index >= 15 is 0 Å². The van der Waals surface area contributed by atoms with Crippen molar-refractivity contribution < 1.29 is 29.6 Å². The summed E-state index contributed by atoms with van der Waals surface area (Å²) < 4.78 is 82.6. The number of primary sulfonamides is 1. The first-order valence-electron chi connectivity index (χ1n) is 5.31. The normalized spacial score (nSPS) is 13.1. The Bertz CT molecular complexity index is 845. The maximum Gasteiger partial charge on any atom is 0.238 e. The molecule has 1 rings (SSSR count).